The highest BCUT2D eigenvalue weighted by molar-refractivity contribution is 7.80. The highest BCUT2D eigenvalue weighted by Crippen LogP contribution is 2.36. The van der Waals surface area contributed by atoms with Gasteiger partial charge in [0.05, 0.1) is 18.3 Å². The molecule has 0 aliphatic heterocycles. The van der Waals surface area contributed by atoms with Crippen molar-refractivity contribution in [2.75, 3.05) is 13.7 Å². The molecule has 0 saturated carbocycles. The molecule has 2 rings (SSSR count). The Morgan fingerprint density at radius 2 is 2.00 bits per heavy atom. The van der Waals surface area contributed by atoms with Crippen LogP contribution in [0.25, 0.3) is 0 Å². The number of halogens is 1. The summed E-state index contributed by atoms with van der Waals surface area (Å²) < 4.78 is 11.3. The monoisotopic (exact) mass is 391 g/mol. The zero-order chi connectivity index (χ0) is 18.9. The average Bonchev–Trinajstić information content (AvgIpc) is 2.62. The van der Waals surface area contributed by atoms with E-state index in [0.29, 0.717) is 28.2 Å². The molecule has 0 saturated heterocycles. The summed E-state index contributed by atoms with van der Waals surface area (Å²) in [5.41, 5.74) is 5.75. The Labute approximate surface area is 164 Å². The molecule has 0 heterocycles. The normalized spacial score (nSPS) is 10.6. The molecule has 2 aromatic carbocycles. The highest BCUT2D eigenvalue weighted by Gasteiger charge is 2.12. The van der Waals surface area contributed by atoms with Crippen molar-refractivity contribution in [2.24, 2.45) is 5.10 Å². The van der Waals surface area contributed by atoms with E-state index < -0.39 is 0 Å². The summed E-state index contributed by atoms with van der Waals surface area (Å²) in [4.78, 5) is 0. The van der Waals surface area contributed by atoms with Gasteiger partial charge in [0.1, 0.15) is 6.61 Å². The van der Waals surface area contributed by atoms with Crippen molar-refractivity contribution in [3.05, 3.63) is 58.1 Å². The molecule has 2 N–H and O–H groups in total. The topological polar surface area (TPSA) is 54.9 Å². The number of nitrogens with one attached hydrogen (secondary N) is 2. The zero-order valence-corrected chi connectivity index (χ0v) is 16.6. The van der Waals surface area contributed by atoms with Crippen molar-refractivity contribution in [3.63, 3.8) is 0 Å². The summed E-state index contributed by atoms with van der Waals surface area (Å²) in [6, 6.07) is 11.7. The molecule has 7 heteroatoms. The number of rotatable bonds is 7. The molecule has 0 spiro atoms. The molecular weight excluding hydrogens is 370 g/mol. The average molecular weight is 392 g/mol. The lowest BCUT2D eigenvalue weighted by molar-refractivity contribution is 0.284. The lowest BCUT2D eigenvalue weighted by Crippen LogP contribution is -2.31. The maximum Gasteiger partial charge on any atom is 0.186 e. The van der Waals surface area contributed by atoms with E-state index in [4.69, 9.17) is 33.3 Å². The van der Waals surface area contributed by atoms with Crippen LogP contribution in [0.15, 0.2) is 41.5 Å². The molecule has 0 amide bonds. The largest absolute Gasteiger partial charge is 0.493 e. The van der Waals surface area contributed by atoms with Crippen LogP contribution >= 0.6 is 23.8 Å². The van der Waals surface area contributed by atoms with Gasteiger partial charge in [-0.2, -0.15) is 5.10 Å². The number of ether oxygens (including phenoxy) is 2. The van der Waals surface area contributed by atoms with E-state index in [9.17, 15) is 0 Å². The Hall–Kier alpha value is -2.31. The Morgan fingerprint density at radius 1 is 1.27 bits per heavy atom. The van der Waals surface area contributed by atoms with Gasteiger partial charge in [-0.25, -0.2) is 0 Å². The minimum absolute atomic E-state index is 0.405. The fourth-order valence-corrected chi connectivity index (χ4v) is 2.63. The summed E-state index contributed by atoms with van der Waals surface area (Å²) in [6.07, 6.45) is 1.61. The number of methoxy groups -OCH3 is 1. The number of thiocarbonyl (C=S) groups is 1. The fraction of sp³-hybridized carbons (Fsp3) is 0.263. The van der Waals surface area contributed by atoms with Crippen LogP contribution in [0.3, 0.4) is 0 Å². The molecule has 2 aromatic rings. The second kappa shape index (κ2) is 9.99. The van der Waals surface area contributed by atoms with E-state index in [0.717, 1.165) is 17.7 Å². The van der Waals surface area contributed by atoms with Gasteiger partial charge in [-0.15, -0.1) is 0 Å². The first kappa shape index (κ1) is 20.0. The van der Waals surface area contributed by atoms with E-state index in [1.165, 1.54) is 5.56 Å². The SMILES string of the molecule is CCNC(=S)N/N=C\c1cc(Cl)c(OCc2ccc(C)cc2)c(OC)c1. The van der Waals surface area contributed by atoms with Crippen molar-refractivity contribution in [1.29, 1.82) is 0 Å². The molecule has 0 bridgehead atoms. The van der Waals surface area contributed by atoms with Gasteiger partial charge in [0, 0.05) is 6.54 Å². The lowest BCUT2D eigenvalue weighted by atomic mass is 10.1. The third kappa shape index (κ3) is 5.89. The van der Waals surface area contributed by atoms with Crippen LogP contribution < -0.4 is 20.2 Å². The standard InChI is InChI=1S/C19H22ClN3O2S/c1-4-21-19(26)23-22-11-15-9-16(20)18(17(10-15)24-3)25-12-14-7-5-13(2)6-8-14/h5-11H,4,12H2,1-3H3,(H2,21,23,26)/b22-11-. The predicted octanol–water partition coefficient (Wildman–Crippen LogP) is 4.05. The molecule has 0 unspecified atom stereocenters. The van der Waals surface area contributed by atoms with Crippen LogP contribution in [-0.4, -0.2) is 25.0 Å². The minimum Gasteiger partial charge on any atom is -0.493 e. The summed E-state index contributed by atoms with van der Waals surface area (Å²) in [6.45, 7) is 5.14. The van der Waals surface area contributed by atoms with E-state index >= 15 is 0 Å². The van der Waals surface area contributed by atoms with Crippen LogP contribution in [0.1, 0.15) is 23.6 Å². The number of benzene rings is 2. The van der Waals surface area contributed by atoms with E-state index in [1.54, 1.807) is 25.5 Å². The summed E-state index contributed by atoms with van der Waals surface area (Å²) >= 11 is 11.4. The van der Waals surface area contributed by atoms with Gasteiger partial charge in [-0.05, 0) is 49.3 Å². The van der Waals surface area contributed by atoms with E-state index in [-0.39, 0.29) is 0 Å². The van der Waals surface area contributed by atoms with Crippen molar-refractivity contribution in [1.82, 2.24) is 10.7 Å². The number of aryl methyl sites for hydroxylation is 1. The quantitative estimate of drug-likeness (QED) is 0.423. The fourth-order valence-electron chi connectivity index (χ4n) is 2.16. The first-order chi connectivity index (χ1) is 12.5. The van der Waals surface area contributed by atoms with Crippen molar-refractivity contribution in [3.8, 4) is 11.5 Å². The number of hydrogen-bond donors (Lipinski definition) is 2. The maximum atomic E-state index is 6.37. The first-order valence-electron chi connectivity index (χ1n) is 8.16. The zero-order valence-electron chi connectivity index (χ0n) is 15.0. The highest BCUT2D eigenvalue weighted by atomic mass is 35.5. The van der Waals surface area contributed by atoms with Crippen molar-refractivity contribution >= 4 is 35.1 Å². The molecular formula is C19H22ClN3O2S. The molecule has 0 fully saturated rings. The van der Waals surface area contributed by atoms with Crippen LogP contribution in [0, 0.1) is 6.92 Å². The van der Waals surface area contributed by atoms with Gasteiger partial charge >= 0.3 is 0 Å². The maximum absolute atomic E-state index is 6.37. The predicted molar refractivity (Wildman–Crippen MR) is 111 cm³/mol. The second-order valence-corrected chi connectivity index (χ2v) is 6.35. The molecule has 0 radical (unpaired) electrons. The lowest BCUT2D eigenvalue weighted by Gasteiger charge is -2.13. The van der Waals surface area contributed by atoms with Crippen molar-refractivity contribution in [2.45, 2.75) is 20.5 Å². The van der Waals surface area contributed by atoms with E-state index in [2.05, 4.69) is 15.8 Å². The first-order valence-corrected chi connectivity index (χ1v) is 8.95. The third-order valence-corrected chi connectivity index (χ3v) is 3.99. The van der Waals surface area contributed by atoms with Gasteiger partial charge in [0.15, 0.2) is 16.6 Å². The summed E-state index contributed by atoms with van der Waals surface area (Å²) in [5, 5.41) is 7.93. The van der Waals surface area contributed by atoms with Crippen LogP contribution in [0.2, 0.25) is 5.02 Å². The van der Waals surface area contributed by atoms with Gasteiger partial charge in [0.25, 0.3) is 0 Å². The van der Waals surface area contributed by atoms with E-state index in [1.807, 2.05) is 38.1 Å². The van der Waals surface area contributed by atoms with Gasteiger partial charge in [0.2, 0.25) is 0 Å². The number of nitrogens with zero attached hydrogens (tertiary/aromatic N) is 1. The molecule has 0 aliphatic carbocycles. The third-order valence-electron chi connectivity index (χ3n) is 3.47. The molecule has 0 atom stereocenters. The second-order valence-electron chi connectivity index (χ2n) is 5.54. The summed E-state index contributed by atoms with van der Waals surface area (Å²) in [7, 11) is 1.57. The number of hydrazone groups is 1. The van der Waals surface area contributed by atoms with Gasteiger partial charge < -0.3 is 14.8 Å². The van der Waals surface area contributed by atoms with Crippen LogP contribution in [0.4, 0.5) is 0 Å². The van der Waals surface area contributed by atoms with Crippen LogP contribution in [0.5, 0.6) is 11.5 Å². The van der Waals surface area contributed by atoms with Crippen molar-refractivity contribution < 1.29 is 9.47 Å². The van der Waals surface area contributed by atoms with Gasteiger partial charge in [-0.3, -0.25) is 5.43 Å². The summed E-state index contributed by atoms with van der Waals surface area (Å²) in [5.74, 6) is 1.04. The minimum atomic E-state index is 0.405. The molecule has 0 aromatic heterocycles. The Bertz CT molecular complexity index is 779. The molecule has 5 nitrogen and oxygen atoms in total. The molecule has 138 valence electrons. The Morgan fingerprint density at radius 3 is 2.65 bits per heavy atom. The van der Waals surface area contributed by atoms with Crippen LogP contribution in [-0.2, 0) is 6.61 Å². The smallest absolute Gasteiger partial charge is 0.186 e. The molecule has 26 heavy (non-hydrogen) atoms. The Kier molecular flexibility index (Phi) is 7.69. The Balaban J connectivity index is 2.09. The molecule has 0 aliphatic rings. The number of hydrogen-bond acceptors (Lipinski definition) is 4. The van der Waals surface area contributed by atoms with Gasteiger partial charge in [-0.1, -0.05) is 41.4 Å².